The monoisotopic (exact) mass is 267 g/mol. The molecule has 0 atom stereocenters. The Hall–Kier alpha value is -1.81. The third-order valence-electron chi connectivity index (χ3n) is 2.09. The van der Waals surface area contributed by atoms with Crippen LogP contribution in [0.3, 0.4) is 0 Å². The first kappa shape index (κ1) is 14.3. The van der Waals surface area contributed by atoms with E-state index >= 15 is 0 Å². The highest BCUT2D eigenvalue weighted by Crippen LogP contribution is 2.07. The topological polar surface area (TPSA) is 55.4 Å². The lowest BCUT2D eigenvalue weighted by Crippen LogP contribution is -2.18. The smallest absolute Gasteiger partial charge is 0.338 e. The summed E-state index contributed by atoms with van der Waals surface area (Å²) in [6, 6.07) is 6.77. The van der Waals surface area contributed by atoms with Crippen LogP contribution in [0.4, 0.5) is 0 Å². The van der Waals surface area contributed by atoms with E-state index < -0.39 is 5.97 Å². The summed E-state index contributed by atoms with van der Waals surface area (Å²) in [4.78, 5) is 22.3. The molecule has 0 aliphatic carbocycles. The summed E-state index contributed by atoms with van der Waals surface area (Å²) in [6.45, 7) is 5.30. The van der Waals surface area contributed by atoms with Crippen molar-refractivity contribution >= 4 is 23.5 Å². The van der Waals surface area contributed by atoms with Gasteiger partial charge in [0, 0.05) is 18.5 Å². The van der Waals surface area contributed by atoms with E-state index in [1.165, 1.54) is 6.92 Å². The van der Waals surface area contributed by atoms with E-state index in [2.05, 4.69) is 11.9 Å². The van der Waals surface area contributed by atoms with Crippen LogP contribution in [-0.4, -0.2) is 18.5 Å². The maximum atomic E-state index is 11.5. The van der Waals surface area contributed by atoms with Gasteiger partial charge in [0.1, 0.15) is 6.61 Å². The van der Waals surface area contributed by atoms with E-state index in [-0.39, 0.29) is 17.5 Å². The zero-order valence-electron chi connectivity index (χ0n) is 10.0. The van der Waals surface area contributed by atoms with Crippen molar-refractivity contribution in [3.05, 3.63) is 47.0 Å². The Morgan fingerprint density at radius 1 is 1.33 bits per heavy atom. The van der Waals surface area contributed by atoms with Crippen molar-refractivity contribution in [2.45, 2.75) is 13.5 Å². The van der Waals surface area contributed by atoms with Gasteiger partial charge in [0.25, 0.3) is 0 Å². The molecule has 1 rings (SSSR count). The zero-order chi connectivity index (χ0) is 13.5. The molecule has 0 heterocycles. The number of hydrogen-bond donors (Lipinski definition) is 1. The normalized spacial score (nSPS) is 9.67. The zero-order valence-corrected chi connectivity index (χ0v) is 10.8. The third kappa shape index (κ3) is 5.01. The van der Waals surface area contributed by atoms with Crippen molar-refractivity contribution in [3.8, 4) is 0 Å². The number of benzene rings is 1. The van der Waals surface area contributed by atoms with Crippen LogP contribution in [0.2, 0.25) is 0 Å². The van der Waals surface area contributed by atoms with Crippen LogP contribution >= 0.6 is 11.6 Å². The molecule has 1 amide bonds. The number of amides is 1. The van der Waals surface area contributed by atoms with Gasteiger partial charge >= 0.3 is 5.97 Å². The SMILES string of the molecule is C=C(Cl)COC(=O)c1ccc(CNC(C)=O)cc1. The fourth-order valence-electron chi connectivity index (χ4n) is 1.21. The van der Waals surface area contributed by atoms with Crippen molar-refractivity contribution in [2.75, 3.05) is 6.61 Å². The van der Waals surface area contributed by atoms with Crippen molar-refractivity contribution in [1.82, 2.24) is 5.32 Å². The van der Waals surface area contributed by atoms with Gasteiger partial charge in [0.05, 0.1) is 5.56 Å². The van der Waals surface area contributed by atoms with Crippen LogP contribution in [0.5, 0.6) is 0 Å². The summed E-state index contributed by atoms with van der Waals surface area (Å²) in [7, 11) is 0. The Morgan fingerprint density at radius 2 is 1.94 bits per heavy atom. The van der Waals surface area contributed by atoms with E-state index in [0.717, 1.165) is 5.56 Å². The number of esters is 1. The van der Waals surface area contributed by atoms with Gasteiger partial charge in [0.2, 0.25) is 5.91 Å². The van der Waals surface area contributed by atoms with Crippen molar-refractivity contribution in [3.63, 3.8) is 0 Å². The summed E-state index contributed by atoms with van der Waals surface area (Å²) in [5, 5.41) is 2.94. The number of nitrogens with one attached hydrogen (secondary N) is 1. The van der Waals surface area contributed by atoms with Gasteiger partial charge in [-0.2, -0.15) is 0 Å². The molecule has 0 aliphatic rings. The summed E-state index contributed by atoms with van der Waals surface area (Å²) in [5.74, 6) is -0.554. The minimum absolute atomic E-state index is 0.00592. The Bertz CT molecular complexity index is 454. The fourth-order valence-corrected chi connectivity index (χ4v) is 1.27. The number of carbonyl (C=O) groups excluding carboxylic acids is 2. The van der Waals surface area contributed by atoms with Gasteiger partial charge in [-0.05, 0) is 17.7 Å². The minimum Gasteiger partial charge on any atom is -0.456 e. The number of hydrogen-bond acceptors (Lipinski definition) is 3. The first-order valence-corrected chi connectivity index (χ1v) is 5.70. The molecule has 96 valence electrons. The number of halogens is 1. The van der Waals surface area contributed by atoms with E-state index in [0.29, 0.717) is 12.1 Å². The molecule has 5 heteroatoms. The highest BCUT2D eigenvalue weighted by molar-refractivity contribution is 6.29. The fraction of sp³-hybridized carbons (Fsp3) is 0.231. The molecule has 0 aliphatic heterocycles. The van der Waals surface area contributed by atoms with Gasteiger partial charge in [-0.3, -0.25) is 4.79 Å². The molecular weight excluding hydrogens is 254 g/mol. The van der Waals surface area contributed by atoms with E-state index in [9.17, 15) is 9.59 Å². The standard InChI is InChI=1S/C13H14ClNO3/c1-9(14)8-18-13(17)12-5-3-11(4-6-12)7-15-10(2)16/h3-6H,1,7-8H2,2H3,(H,15,16). The number of rotatable bonds is 5. The summed E-state index contributed by atoms with van der Waals surface area (Å²) in [6.07, 6.45) is 0. The molecular formula is C13H14ClNO3. The molecule has 0 unspecified atom stereocenters. The van der Waals surface area contributed by atoms with Crippen LogP contribution in [0.25, 0.3) is 0 Å². The first-order chi connectivity index (χ1) is 8.49. The van der Waals surface area contributed by atoms with E-state index in [1.807, 2.05) is 0 Å². The average Bonchev–Trinajstić information content (AvgIpc) is 2.34. The van der Waals surface area contributed by atoms with Crippen molar-refractivity contribution in [2.24, 2.45) is 0 Å². The van der Waals surface area contributed by atoms with Gasteiger partial charge in [0.15, 0.2) is 0 Å². The predicted molar refractivity (Wildman–Crippen MR) is 69.2 cm³/mol. The highest BCUT2D eigenvalue weighted by Gasteiger charge is 2.07. The molecule has 0 saturated carbocycles. The summed E-state index contributed by atoms with van der Waals surface area (Å²) < 4.78 is 4.89. The molecule has 1 N–H and O–H groups in total. The van der Waals surface area contributed by atoms with Gasteiger partial charge in [-0.25, -0.2) is 4.79 Å². The van der Waals surface area contributed by atoms with Gasteiger partial charge in [-0.15, -0.1) is 0 Å². The van der Waals surface area contributed by atoms with E-state index in [1.54, 1.807) is 24.3 Å². The Kier molecular flexibility index (Phi) is 5.39. The molecule has 0 spiro atoms. The molecule has 0 aromatic heterocycles. The molecule has 1 aromatic rings. The second-order valence-corrected chi connectivity index (χ2v) is 4.23. The van der Waals surface area contributed by atoms with Crippen LogP contribution in [0.1, 0.15) is 22.8 Å². The quantitative estimate of drug-likeness (QED) is 0.833. The Morgan fingerprint density at radius 3 is 2.44 bits per heavy atom. The highest BCUT2D eigenvalue weighted by atomic mass is 35.5. The van der Waals surface area contributed by atoms with Gasteiger partial charge in [-0.1, -0.05) is 30.3 Å². The third-order valence-corrected chi connectivity index (χ3v) is 2.20. The van der Waals surface area contributed by atoms with Crippen LogP contribution in [-0.2, 0) is 16.1 Å². The summed E-state index contributed by atoms with van der Waals surface area (Å²) >= 11 is 5.49. The minimum atomic E-state index is -0.456. The maximum absolute atomic E-state index is 11.5. The molecule has 4 nitrogen and oxygen atoms in total. The van der Waals surface area contributed by atoms with Crippen LogP contribution in [0, 0.1) is 0 Å². The molecule has 1 aromatic carbocycles. The van der Waals surface area contributed by atoms with Crippen LogP contribution < -0.4 is 5.32 Å². The lowest BCUT2D eigenvalue weighted by Gasteiger charge is -2.05. The molecule has 0 radical (unpaired) electrons. The first-order valence-electron chi connectivity index (χ1n) is 5.33. The largest absolute Gasteiger partial charge is 0.456 e. The van der Waals surface area contributed by atoms with Crippen LogP contribution in [0.15, 0.2) is 35.9 Å². The molecule has 0 bridgehead atoms. The summed E-state index contributed by atoms with van der Waals surface area (Å²) in [5.41, 5.74) is 1.34. The van der Waals surface area contributed by atoms with Crippen molar-refractivity contribution < 1.29 is 14.3 Å². The van der Waals surface area contributed by atoms with Gasteiger partial charge < -0.3 is 10.1 Å². The maximum Gasteiger partial charge on any atom is 0.338 e. The number of carbonyl (C=O) groups is 2. The lowest BCUT2D eigenvalue weighted by molar-refractivity contribution is -0.119. The average molecular weight is 268 g/mol. The number of ether oxygens (including phenoxy) is 1. The second-order valence-electron chi connectivity index (χ2n) is 3.70. The van der Waals surface area contributed by atoms with E-state index in [4.69, 9.17) is 16.3 Å². The molecule has 0 fully saturated rings. The predicted octanol–water partition coefficient (Wildman–Crippen LogP) is 2.23. The van der Waals surface area contributed by atoms with Crippen molar-refractivity contribution in [1.29, 1.82) is 0 Å². The Balaban J connectivity index is 2.56. The lowest BCUT2D eigenvalue weighted by atomic mass is 10.1. The second kappa shape index (κ2) is 6.81. The molecule has 0 saturated heterocycles. The Labute approximate surface area is 111 Å². The molecule has 18 heavy (non-hydrogen) atoms.